The van der Waals surface area contributed by atoms with E-state index in [-0.39, 0.29) is 5.91 Å². The summed E-state index contributed by atoms with van der Waals surface area (Å²) in [7, 11) is 0. The molecule has 0 bridgehead atoms. The van der Waals surface area contributed by atoms with Crippen LogP contribution in [-0.4, -0.2) is 16.9 Å². The number of amides is 1. The summed E-state index contributed by atoms with van der Waals surface area (Å²) in [6.07, 6.45) is 0. The van der Waals surface area contributed by atoms with Crippen LogP contribution in [0.2, 0.25) is 0 Å². The van der Waals surface area contributed by atoms with Gasteiger partial charge in [-0.2, -0.15) is 0 Å². The Morgan fingerprint density at radius 3 is 2.78 bits per heavy atom. The highest BCUT2D eigenvalue weighted by Crippen LogP contribution is 2.22. The van der Waals surface area contributed by atoms with Gasteiger partial charge in [0.1, 0.15) is 11.3 Å². The minimum absolute atomic E-state index is 0.207. The van der Waals surface area contributed by atoms with Gasteiger partial charge in [-0.3, -0.25) is 4.79 Å². The maximum Gasteiger partial charge on any atom is 0.343 e. The number of hydrogen-bond donors (Lipinski definition) is 1. The van der Waals surface area contributed by atoms with Crippen molar-refractivity contribution in [1.82, 2.24) is 4.98 Å². The van der Waals surface area contributed by atoms with Crippen LogP contribution in [0.15, 0.2) is 46.9 Å². The number of carbonyl (C=O) groups excluding carboxylic acids is 2. The molecule has 1 aromatic heterocycles. The van der Waals surface area contributed by atoms with Crippen LogP contribution in [0.4, 0.5) is 5.69 Å². The number of carbonyl (C=O) groups is 2. The second-order valence-corrected chi connectivity index (χ2v) is 5.01. The van der Waals surface area contributed by atoms with E-state index < -0.39 is 5.97 Å². The highest BCUT2D eigenvalue weighted by atomic mass is 16.5. The molecule has 0 saturated heterocycles. The molecule has 0 fully saturated rings. The van der Waals surface area contributed by atoms with Crippen molar-refractivity contribution in [1.29, 1.82) is 0 Å². The van der Waals surface area contributed by atoms with E-state index in [0.717, 1.165) is 0 Å². The molecule has 3 aromatic rings. The van der Waals surface area contributed by atoms with E-state index in [2.05, 4.69) is 10.3 Å². The number of aryl methyl sites for hydroxylation is 1. The van der Waals surface area contributed by atoms with Gasteiger partial charge >= 0.3 is 5.97 Å². The molecule has 0 aliphatic heterocycles. The second kappa shape index (κ2) is 5.92. The number of nitrogens with zero attached hydrogens (tertiary/aromatic N) is 1. The van der Waals surface area contributed by atoms with Crippen LogP contribution in [-0.2, 0) is 4.79 Å². The molecule has 0 radical (unpaired) electrons. The molecule has 0 atom stereocenters. The fourth-order valence-corrected chi connectivity index (χ4v) is 2.18. The lowest BCUT2D eigenvalue weighted by Crippen LogP contribution is -2.10. The highest BCUT2D eigenvalue weighted by molar-refractivity contribution is 5.94. The topological polar surface area (TPSA) is 81.4 Å². The summed E-state index contributed by atoms with van der Waals surface area (Å²) in [6.45, 7) is 3.15. The van der Waals surface area contributed by atoms with Crippen molar-refractivity contribution in [2.45, 2.75) is 13.8 Å². The molecule has 0 saturated carbocycles. The largest absolute Gasteiger partial charge is 0.441 e. The highest BCUT2D eigenvalue weighted by Gasteiger charge is 2.11. The fraction of sp³-hybridized carbons (Fsp3) is 0.118. The van der Waals surface area contributed by atoms with Crippen molar-refractivity contribution in [3.63, 3.8) is 0 Å². The van der Waals surface area contributed by atoms with Crippen molar-refractivity contribution < 1.29 is 18.7 Å². The Morgan fingerprint density at radius 2 is 2.00 bits per heavy atom. The molecular formula is C17H14N2O4. The first-order valence-corrected chi connectivity index (χ1v) is 6.98. The lowest BCUT2D eigenvalue weighted by Gasteiger charge is -2.06. The molecule has 0 unspecified atom stereocenters. The number of hydrogen-bond acceptors (Lipinski definition) is 5. The lowest BCUT2D eigenvalue weighted by molar-refractivity contribution is -0.114. The van der Waals surface area contributed by atoms with Gasteiger partial charge in [-0.1, -0.05) is 6.07 Å². The van der Waals surface area contributed by atoms with Gasteiger partial charge in [0.25, 0.3) is 0 Å². The number of aromatic nitrogens is 1. The molecule has 1 amide bonds. The van der Waals surface area contributed by atoms with Gasteiger partial charge in [0.2, 0.25) is 5.91 Å². The number of anilines is 1. The Balaban J connectivity index is 1.81. The van der Waals surface area contributed by atoms with Gasteiger partial charge in [0.15, 0.2) is 11.5 Å². The van der Waals surface area contributed by atoms with Crippen LogP contribution in [0.25, 0.3) is 11.1 Å². The van der Waals surface area contributed by atoms with Crippen molar-refractivity contribution >= 4 is 28.7 Å². The second-order valence-electron chi connectivity index (χ2n) is 5.01. The van der Waals surface area contributed by atoms with Crippen LogP contribution >= 0.6 is 0 Å². The maximum atomic E-state index is 12.2. The number of ether oxygens (including phenoxy) is 1. The van der Waals surface area contributed by atoms with Crippen molar-refractivity contribution in [3.05, 3.63) is 53.9 Å². The van der Waals surface area contributed by atoms with Crippen LogP contribution in [0, 0.1) is 6.92 Å². The van der Waals surface area contributed by atoms with Gasteiger partial charge in [0, 0.05) is 25.6 Å². The number of oxazole rings is 1. The average Bonchev–Trinajstić information content (AvgIpc) is 2.86. The predicted molar refractivity (Wildman–Crippen MR) is 84.5 cm³/mol. The Hall–Kier alpha value is -3.15. The zero-order chi connectivity index (χ0) is 16.4. The first-order chi connectivity index (χ1) is 11.0. The van der Waals surface area contributed by atoms with Crippen LogP contribution in [0.3, 0.4) is 0 Å². The van der Waals surface area contributed by atoms with Gasteiger partial charge in [-0.15, -0.1) is 0 Å². The molecule has 116 valence electrons. The molecule has 1 N–H and O–H groups in total. The number of nitrogens with one attached hydrogen (secondary N) is 1. The molecule has 2 aromatic carbocycles. The molecule has 0 aliphatic carbocycles. The number of esters is 1. The smallest absolute Gasteiger partial charge is 0.343 e. The molecule has 6 heteroatoms. The monoisotopic (exact) mass is 310 g/mol. The summed E-state index contributed by atoms with van der Waals surface area (Å²) in [5, 5.41) is 2.62. The van der Waals surface area contributed by atoms with Crippen molar-refractivity contribution in [2.75, 3.05) is 5.32 Å². The minimum atomic E-state index is -0.521. The molecule has 0 spiro atoms. The van der Waals surface area contributed by atoms with Crippen LogP contribution < -0.4 is 10.1 Å². The fourth-order valence-electron chi connectivity index (χ4n) is 2.18. The Bertz CT molecular complexity index is 898. The maximum absolute atomic E-state index is 12.2. The third-order valence-corrected chi connectivity index (χ3v) is 3.10. The number of fused-ring (bicyclic) bond motifs is 1. The summed E-state index contributed by atoms with van der Waals surface area (Å²) in [5.74, 6) is 0.185. The third kappa shape index (κ3) is 3.37. The third-order valence-electron chi connectivity index (χ3n) is 3.10. The van der Waals surface area contributed by atoms with E-state index >= 15 is 0 Å². The van der Waals surface area contributed by atoms with Crippen molar-refractivity contribution in [2.24, 2.45) is 0 Å². The van der Waals surface area contributed by atoms with Crippen molar-refractivity contribution in [3.8, 4) is 5.75 Å². The number of benzene rings is 2. The van der Waals surface area contributed by atoms with Crippen LogP contribution in [0.5, 0.6) is 5.75 Å². The Labute approximate surface area is 132 Å². The quantitative estimate of drug-likeness (QED) is 0.593. The normalized spacial score (nSPS) is 10.5. The van der Waals surface area contributed by atoms with E-state index in [4.69, 9.17) is 9.15 Å². The Morgan fingerprint density at radius 1 is 1.17 bits per heavy atom. The lowest BCUT2D eigenvalue weighted by atomic mass is 10.2. The first kappa shape index (κ1) is 14.8. The molecule has 3 rings (SSSR count). The van der Waals surface area contributed by atoms with Gasteiger partial charge in [0.05, 0.1) is 5.56 Å². The van der Waals surface area contributed by atoms with E-state index in [1.54, 1.807) is 49.4 Å². The first-order valence-electron chi connectivity index (χ1n) is 6.98. The molecule has 6 nitrogen and oxygen atoms in total. The molecule has 23 heavy (non-hydrogen) atoms. The average molecular weight is 310 g/mol. The molecule has 0 aliphatic rings. The SMILES string of the molecule is CC(=O)Nc1cccc(C(=O)Oc2ccc3nc(C)oc3c2)c1. The van der Waals surface area contributed by atoms with E-state index in [1.165, 1.54) is 6.92 Å². The standard InChI is InChI=1S/C17H14N2O4/c1-10(20)18-13-5-3-4-12(8-13)17(21)23-14-6-7-15-16(9-14)22-11(2)19-15/h3-9H,1-2H3,(H,18,20). The van der Waals surface area contributed by atoms with E-state index in [9.17, 15) is 9.59 Å². The van der Waals surface area contributed by atoms with Crippen LogP contribution in [0.1, 0.15) is 23.2 Å². The van der Waals surface area contributed by atoms with E-state index in [0.29, 0.717) is 34.0 Å². The summed E-state index contributed by atoms with van der Waals surface area (Å²) < 4.78 is 10.7. The zero-order valence-corrected chi connectivity index (χ0v) is 12.6. The summed E-state index contributed by atoms with van der Waals surface area (Å²) in [4.78, 5) is 27.5. The zero-order valence-electron chi connectivity index (χ0n) is 12.6. The van der Waals surface area contributed by atoms with Gasteiger partial charge in [-0.25, -0.2) is 9.78 Å². The summed E-state index contributed by atoms with van der Waals surface area (Å²) in [6, 6.07) is 11.5. The van der Waals surface area contributed by atoms with Gasteiger partial charge < -0.3 is 14.5 Å². The number of rotatable bonds is 3. The Kier molecular flexibility index (Phi) is 3.80. The summed E-state index contributed by atoms with van der Waals surface area (Å²) in [5.41, 5.74) is 2.13. The molecular weight excluding hydrogens is 296 g/mol. The molecule has 1 heterocycles. The van der Waals surface area contributed by atoms with Gasteiger partial charge in [-0.05, 0) is 30.3 Å². The predicted octanol–water partition coefficient (Wildman–Crippen LogP) is 3.31. The van der Waals surface area contributed by atoms with E-state index in [1.807, 2.05) is 0 Å². The summed E-state index contributed by atoms with van der Waals surface area (Å²) >= 11 is 0. The minimum Gasteiger partial charge on any atom is -0.441 e.